The normalized spacial score (nSPS) is 17.7. The van der Waals surface area contributed by atoms with Gasteiger partial charge in [0.2, 0.25) is 11.3 Å². The van der Waals surface area contributed by atoms with E-state index in [9.17, 15) is 14.4 Å². The van der Waals surface area contributed by atoms with Gasteiger partial charge in [-0.25, -0.2) is 0 Å². The number of hydrogen-bond donors (Lipinski definition) is 2. The molecule has 7 heteroatoms. The lowest BCUT2D eigenvalue weighted by Gasteiger charge is -2.33. The number of carbonyl (C=O) groups excluding carboxylic acids is 2. The first kappa shape index (κ1) is 16.2. The van der Waals surface area contributed by atoms with Crippen LogP contribution in [0.25, 0.3) is 10.9 Å². The molecular formula is C17H19N3O4. The van der Waals surface area contributed by atoms with Crippen molar-refractivity contribution >= 4 is 22.7 Å². The van der Waals surface area contributed by atoms with Gasteiger partial charge in [0.1, 0.15) is 5.56 Å². The molecule has 2 aromatic rings. The number of fused-ring (bicyclic) bond motifs is 1. The van der Waals surface area contributed by atoms with Crippen LogP contribution in [0.5, 0.6) is 0 Å². The molecule has 0 aliphatic carbocycles. The summed E-state index contributed by atoms with van der Waals surface area (Å²) in [6.07, 6.45) is 1.38. The fraction of sp³-hybridized carbons (Fsp3) is 0.353. The highest BCUT2D eigenvalue weighted by atomic mass is 16.5. The second-order valence-corrected chi connectivity index (χ2v) is 5.77. The quantitative estimate of drug-likeness (QED) is 0.858. The van der Waals surface area contributed by atoms with Crippen molar-refractivity contribution in [3.8, 4) is 0 Å². The van der Waals surface area contributed by atoms with Crippen LogP contribution in [0.3, 0.4) is 0 Å². The third kappa shape index (κ3) is 3.16. The lowest BCUT2D eigenvalue weighted by atomic mass is 10.1. The molecule has 24 heavy (non-hydrogen) atoms. The summed E-state index contributed by atoms with van der Waals surface area (Å²) in [4.78, 5) is 41.4. The van der Waals surface area contributed by atoms with E-state index in [0.29, 0.717) is 30.7 Å². The molecule has 2 amide bonds. The average Bonchev–Trinajstić information content (AvgIpc) is 2.60. The number of nitrogens with one attached hydrogen (secondary N) is 2. The molecule has 126 valence electrons. The number of pyridine rings is 1. The van der Waals surface area contributed by atoms with Crippen molar-refractivity contribution in [2.75, 3.05) is 26.3 Å². The van der Waals surface area contributed by atoms with Crippen molar-refractivity contribution in [3.05, 3.63) is 46.2 Å². The molecule has 1 aliphatic rings. The maximum Gasteiger partial charge on any atom is 0.257 e. The molecule has 2 heterocycles. The Morgan fingerprint density at radius 2 is 2.17 bits per heavy atom. The van der Waals surface area contributed by atoms with Gasteiger partial charge in [0.25, 0.3) is 5.91 Å². The van der Waals surface area contributed by atoms with Crippen LogP contribution in [-0.4, -0.2) is 54.0 Å². The molecular weight excluding hydrogens is 310 g/mol. The van der Waals surface area contributed by atoms with E-state index < -0.39 is 5.91 Å². The molecule has 0 bridgehead atoms. The highest BCUT2D eigenvalue weighted by Crippen LogP contribution is 2.08. The van der Waals surface area contributed by atoms with Crippen LogP contribution in [0.1, 0.15) is 17.3 Å². The summed E-state index contributed by atoms with van der Waals surface area (Å²) in [5.74, 6) is -0.743. The average molecular weight is 329 g/mol. The van der Waals surface area contributed by atoms with E-state index in [1.807, 2.05) is 6.92 Å². The van der Waals surface area contributed by atoms with Gasteiger partial charge >= 0.3 is 0 Å². The number of aromatic nitrogens is 1. The van der Waals surface area contributed by atoms with Gasteiger partial charge in [0, 0.05) is 23.6 Å². The lowest BCUT2D eigenvalue weighted by molar-refractivity contribution is -0.137. The van der Waals surface area contributed by atoms with Crippen LogP contribution >= 0.6 is 0 Å². The van der Waals surface area contributed by atoms with Gasteiger partial charge in [-0.2, -0.15) is 0 Å². The van der Waals surface area contributed by atoms with Gasteiger partial charge in [-0.3, -0.25) is 14.4 Å². The highest BCUT2D eigenvalue weighted by molar-refractivity contribution is 5.98. The summed E-state index contributed by atoms with van der Waals surface area (Å²) in [6, 6.07) is 6.95. The highest BCUT2D eigenvalue weighted by Gasteiger charge is 2.24. The first-order chi connectivity index (χ1) is 11.6. The summed E-state index contributed by atoms with van der Waals surface area (Å²) < 4.78 is 5.29. The second kappa shape index (κ2) is 6.84. The molecule has 1 aliphatic heterocycles. The lowest BCUT2D eigenvalue weighted by Crippen LogP contribution is -2.50. The van der Waals surface area contributed by atoms with E-state index in [-0.39, 0.29) is 29.5 Å². The van der Waals surface area contributed by atoms with Gasteiger partial charge in [0.15, 0.2) is 0 Å². The molecule has 0 spiro atoms. The first-order valence-electron chi connectivity index (χ1n) is 7.84. The van der Waals surface area contributed by atoms with Crippen molar-refractivity contribution in [2.45, 2.75) is 13.0 Å². The Morgan fingerprint density at radius 1 is 1.38 bits per heavy atom. The van der Waals surface area contributed by atoms with E-state index in [0.717, 1.165) is 0 Å². The van der Waals surface area contributed by atoms with Crippen molar-refractivity contribution in [2.24, 2.45) is 0 Å². The summed E-state index contributed by atoms with van der Waals surface area (Å²) in [7, 11) is 0. The number of para-hydroxylation sites is 1. The predicted molar refractivity (Wildman–Crippen MR) is 88.9 cm³/mol. The second-order valence-electron chi connectivity index (χ2n) is 5.77. The smallest absolute Gasteiger partial charge is 0.257 e. The molecule has 3 rings (SSSR count). The monoisotopic (exact) mass is 329 g/mol. The number of carbonyl (C=O) groups is 2. The molecule has 7 nitrogen and oxygen atoms in total. The van der Waals surface area contributed by atoms with E-state index in [1.165, 1.54) is 6.20 Å². The van der Waals surface area contributed by atoms with Crippen LogP contribution in [-0.2, 0) is 9.53 Å². The number of H-pyrrole nitrogens is 1. The Balaban J connectivity index is 1.70. The number of ether oxygens (including phenoxy) is 1. The van der Waals surface area contributed by atoms with Crippen LogP contribution in [0.4, 0.5) is 0 Å². The van der Waals surface area contributed by atoms with Gasteiger partial charge < -0.3 is 19.9 Å². The SMILES string of the molecule is CC1COCCN1C(=O)CNC(=O)c1c[nH]c2ccccc2c1=O. The Kier molecular flexibility index (Phi) is 4.61. The zero-order valence-electron chi connectivity index (χ0n) is 13.4. The third-order valence-electron chi connectivity index (χ3n) is 4.12. The Labute approximate surface area is 138 Å². The van der Waals surface area contributed by atoms with Crippen molar-refractivity contribution in [1.82, 2.24) is 15.2 Å². The number of nitrogens with zero attached hydrogens (tertiary/aromatic N) is 1. The van der Waals surface area contributed by atoms with Crippen LogP contribution in [0.2, 0.25) is 0 Å². The number of hydrogen-bond acceptors (Lipinski definition) is 4. The number of aromatic amines is 1. The van der Waals surface area contributed by atoms with Crippen LogP contribution in [0.15, 0.2) is 35.3 Å². The van der Waals surface area contributed by atoms with Crippen LogP contribution in [0, 0.1) is 0 Å². The van der Waals surface area contributed by atoms with Gasteiger partial charge in [-0.15, -0.1) is 0 Å². The van der Waals surface area contributed by atoms with E-state index in [1.54, 1.807) is 29.2 Å². The topological polar surface area (TPSA) is 91.5 Å². The minimum Gasteiger partial charge on any atom is -0.377 e. The molecule has 1 unspecified atom stereocenters. The fourth-order valence-corrected chi connectivity index (χ4v) is 2.79. The summed E-state index contributed by atoms with van der Waals surface area (Å²) in [6.45, 7) is 3.24. The van der Waals surface area contributed by atoms with Gasteiger partial charge in [-0.1, -0.05) is 12.1 Å². The summed E-state index contributed by atoms with van der Waals surface area (Å²) in [5, 5.41) is 2.97. The molecule has 0 radical (unpaired) electrons. The summed E-state index contributed by atoms with van der Waals surface area (Å²) >= 11 is 0. The third-order valence-corrected chi connectivity index (χ3v) is 4.12. The molecule has 1 aromatic heterocycles. The maximum atomic E-state index is 12.4. The Morgan fingerprint density at radius 3 is 2.96 bits per heavy atom. The minimum atomic E-state index is -0.559. The number of benzene rings is 1. The molecule has 0 saturated carbocycles. The number of morpholine rings is 1. The standard InChI is InChI=1S/C17H19N3O4/c1-11-10-24-7-6-20(11)15(21)9-19-17(23)13-8-18-14-5-3-2-4-12(14)16(13)22/h2-5,8,11H,6-7,9-10H2,1H3,(H,18,22)(H,19,23). The molecule has 2 N–H and O–H groups in total. The maximum absolute atomic E-state index is 12.4. The molecule has 1 aromatic carbocycles. The Bertz CT molecular complexity index is 830. The molecule has 1 fully saturated rings. The zero-order chi connectivity index (χ0) is 17.1. The fourth-order valence-electron chi connectivity index (χ4n) is 2.79. The van der Waals surface area contributed by atoms with E-state index in [4.69, 9.17) is 4.74 Å². The van der Waals surface area contributed by atoms with Gasteiger partial charge in [0.05, 0.1) is 25.8 Å². The number of rotatable bonds is 3. The Hall–Kier alpha value is -2.67. The minimum absolute atomic E-state index is 0.00322. The van der Waals surface area contributed by atoms with Crippen molar-refractivity contribution < 1.29 is 14.3 Å². The zero-order valence-corrected chi connectivity index (χ0v) is 13.4. The molecule has 1 saturated heterocycles. The molecule has 1 atom stereocenters. The van der Waals surface area contributed by atoms with Gasteiger partial charge in [-0.05, 0) is 19.1 Å². The van der Waals surface area contributed by atoms with E-state index in [2.05, 4.69) is 10.3 Å². The number of amides is 2. The first-order valence-corrected chi connectivity index (χ1v) is 7.84. The van der Waals surface area contributed by atoms with E-state index >= 15 is 0 Å². The van der Waals surface area contributed by atoms with Crippen LogP contribution < -0.4 is 10.7 Å². The largest absolute Gasteiger partial charge is 0.377 e. The van der Waals surface area contributed by atoms with Crippen molar-refractivity contribution in [3.63, 3.8) is 0 Å². The predicted octanol–water partition coefficient (Wildman–Crippen LogP) is 0.505. The summed E-state index contributed by atoms with van der Waals surface area (Å²) in [5.41, 5.74) is 0.308. The van der Waals surface area contributed by atoms with Crippen molar-refractivity contribution in [1.29, 1.82) is 0 Å².